The molecule has 8 unspecified atom stereocenters. The zero-order valence-corrected chi connectivity index (χ0v) is 15.6. The van der Waals surface area contributed by atoms with Crippen LogP contribution in [-0.4, -0.2) is 63.2 Å². The van der Waals surface area contributed by atoms with Crippen molar-refractivity contribution in [2.75, 3.05) is 5.88 Å². The third kappa shape index (κ3) is 2.93. The van der Waals surface area contributed by atoms with Gasteiger partial charge >= 0.3 is 11.9 Å². The molecule has 1 saturated heterocycles. The number of aliphatic hydroxyl groups excluding tert-OH is 2. The summed E-state index contributed by atoms with van der Waals surface area (Å²) in [5.74, 6) is -4.08. The molecule has 0 aromatic rings. The third-order valence-corrected chi connectivity index (χ3v) is 6.33. The van der Waals surface area contributed by atoms with E-state index < -0.39 is 59.7 Å². The summed E-state index contributed by atoms with van der Waals surface area (Å²) in [5, 5.41) is 32.0. The fourth-order valence-corrected chi connectivity index (χ4v) is 5.00. The molecule has 8 heteroatoms. The summed E-state index contributed by atoms with van der Waals surface area (Å²) in [5.41, 5.74) is -1.31. The Hall–Kier alpha value is -1.67. The van der Waals surface area contributed by atoms with Crippen molar-refractivity contribution in [2.24, 2.45) is 17.8 Å². The summed E-state index contributed by atoms with van der Waals surface area (Å²) >= 11 is 5.95. The maximum atomic E-state index is 12.2. The van der Waals surface area contributed by atoms with Gasteiger partial charge in [0.15, 0.2) is 0 Å². The van der Waals surface area contributed by atoms with Gasteiger partial charge in [-0.2, -0.15) is 0 Å². The van der Waals surface area contributed by atoms with E-state index in [9.17, 15) is 24.9 Å². The van der Waals surface area contributed by atoms with Crippen LogP contribution in [0.25, 0.3) is 0 Å². The molecule has 3 N–H and O–H groups in total. The molecule has 0 bridgehead atoms. The quantitative estimate of drug-likeness (QED) is 0.274. The van der Waals surface area contributed by atoms with E-state index in [1.807, 2.05) is 0 Å². The summed E-state index contributed by atoms with van der Waals surface area (Å²) in [7, 11) is 0. The maximum Gasteiger partial charge on any atom is 0.334 e. The summed E-state index contributed by atoms with van der Waals surface area (Å²) in [4.78, 5) is 24.2. The number of fused-ring (bicyclic) bond motifs is 3. The van der Waals surface area contributed by atoms with Gasteiger partial charge in [-0.05, 0) is 6.92 Å². The molecule has 148 valence electrons. The summed E-state index contributed by atoms with van der Waals surface area (Å²) in [6.07, 6.45) is -1.74. The first-order valence-corrected chi connectivity index (χ1v) is 9.26. The number of hydrogen-bond acceptors (Lipinski definition) is 7. The molecule has 1 aliphatic heterocycles. The molecule has 3 aliphatic rings. The highest BCUT2D eigenvalue weighted by atomic mass is 35.5. The highest BCUT2D eigenvalue weighted by molar-refractivity contribution is 6.18. The van der Waals surface area contributed by atoms with E-state index >= 15 is 0 Å². The van der Waals surface area contributed by atoms with E-state index in [0.29, 0.717) is 5.57 Å². The molecule has 3 rings (SSSR count). The molecular weight excluding hydrogens is 376 g/mol. The van der Waals surface area contributed by atoms with E-state index in [1.165, 1.54) is 12.2 Å². The topological polar surface area (TPSA) is 113 Å². The Morgan fingerprint density at radius 2 is 2.07 bits per heavy atom. The molecule has 2 saturated carbocycles. The van der Waals surface area contributed by atoms with Crippen molar-refractivity contribution in [1.82, 2.24) is 0 Å². The first-order chi connectivity index (χ1) is 12.7. The normalized spacial score (nSPS) is 44.0. The van der Waals surface area contributed by atoms with Crippen molar-refractivity contribution in [1.29, 1.82) is 0 Å². The SMILES string of the molecule is C=C1C(=O)OC2C1C(OC(=O)C=CC)CC(=C)C1C(O)C(O)C(O)(CCl)C21. The van der Waals surface area contributed by atoms with Gasteiger partial charge in [0.2, 0.25) is 0 Å². The van der Waals surface area contributed by atoms with Crippen molar-refractivity contribution in [3.8, 4) is 0 Å². The fourth-order valence-electron chi connectivity index (χ4n) is 4.67. The Labute approximate surface area is 161 Å². The predicted molar refractivity (Wildman–Crippen MR) is 95.6 cm³/mol. The number of alkyl halides is 1. The minimum atomic E-state index is -1.90. The van der Waals surface area contributed by atoms with Crippen LogP contribution in [0.2, 0.25) is 0 Å². The van der Waals surface area contributed by atoms with E-state index in [-0.39, 0.29) is 17.9 Å². The standard InChI is InChI=1S/C19H23ClO7/c1-4-5-11(21)26-10-6-8(2)12-14(16-13(10)9(3)18(24)27-16)19(25,7-20)17(23)15(12)22/h4-5,10,12-17,22-23,25H,2-3,6-7H2,1H3. The number of halogens is 1. The largest absolute Gasteiger partial charge is 0.458 e. The number of hydrogen-bond donors (Lipinski definition) is 3. The number of esters is 2. The van der Waals surface area contributed by atoms with Gasteiger partial charge in [0.1, 0.15) is 23.9 Å². The van der Waals surface area contributed by atoms with Gasteiger partial charge in [-0.1, -0.05) is 24.8 Å². The number of allylic oxidation sites excluding steroid dienone is 1. The van der Waals surface area contributed by atoms with Gasteiger partial charge in [0.05, 0.1) is 17.9 Å². The third-order valence-electron chi connectivity index (χ3n) is 5.90. The van der Waals surface area contributed by atoms with Crippen LogP contribution in [0.5, 0.6) is 0 Å². The van der Waals surface area contributed by atoms with Crippen molar-refractivity contribution >= 4 is 23.5 Å². The fraction of sp³-hybridized carbons (Fsp3) is 0.579. The Bertz CT molecular complexity index is 717. The summed E-state index contributed by atoms with van der Waals surface area (Å²) in [6.45, 7) is 9.40. The predicted octanol–water partition coefficient (Wildman–Crippen LogP) is 0.470. The average Bonchev–Trinajstić information content (AvgIpc) is 2.95. The van der Waals surface area contributed by atoms with Crippen molar-refractivity contribution in [3.63, 3.8) is 0 Å². The Morgan fingerprint density at radius 1 is 1.41 bits per heavy atom. The van der Waals surface area contributed by atoms with Crippen LogP contribution in [0.3, 0.4) is 0 Å². The molecule has 1 heterocycles. The van der Waals surface area contributed by atoms with E-state index in [4.69, 9.17) is 21.1 Å². The lowest BCUT2D eigenvalue weighted by molar-refractivity contribution is -0.155. The first kappa shape index (κ1) is 20.1. The summed E-state index contributed by atoms with van der Waals surface area (Å²) in [6, 6.07) is 0. The number of carbonyl (C=O) groups is 2. The van der Waals surface area contributed by atoms with E-state index in [2.05, 4.69) is 13.2 Å². The highest BCUT2D eigenvalue weighted by Crippen LogP contribution is 2.55. The molecule has 7 nitrogen and oxygen atoms in total. The monoisotopic (exact) mass is 398 g/mol. The van der Waals surface area contributed by atoms with Gasteiger partial charge in [0.25, 0.3) is 0 Å². The molecule has 0 spiro atoms. The molecule has 0 aromatic carbocycles. The lowest BCUT2D eigenvalue weighted by atomic mass is 9.76. The van der Waals surface area contributed by atoms with Gasteiger partial charge < -0.3 is 24.8 Å². The van der Waals surface area contributed by atoms with Crippen LogP contribution in [0.15, 0.2) is 36.5 Å². The second-order valence-corrected chi connectivity index (χ2v) is 7.64. The molecule has 0 radical (unpaired) electrons. The van der Waals surface area contributed by atoms with Crippen LogP contribution < -0.4 is 0 Å². The first-order valence-electron chi connectivity index (χ1n) is 8.72. The Kier molecular flexibility index (Phi) is 5.24. The lowest BCUT2D eigenvalue weighted by Crippen LogP contribution is -2.52. The van der Waals surface area contributed by atoms with E-state index in [1.54, 1.807) is 6.92 Å². The minimum Gasteiger partial charge on any atom is -0.458 e. The van der Waals surface area contributed by atoms with Gasteiger partial charge in [0, 0.05) is 29.9 Å². The zero-order valence-electron chi connectivity index (χ0n) is 14.9. The zero-order chi connectivity index (χ0) is 20.1. The molecule has 27 heavy (non-hydrogen) atoms. The molecular formula is C19H23ClO7. The van der Waals surface area contributed by atoms with E-state index in [0.717, 1.165) is 0 Å². The van der Waals surface area contributed by atoms with Crippen LogP contribution in [0.1, 0.15) is 13.3 Å². The van der Waals surface area contributed by atoms with Crippen LogP contribution in [0.4, 0.5) is 0 Å². The molecule has 3 fully saturated rings. The second-order valence-electron chi connectivity index (χ2n) is 7.37. The summed E-state index contributed by atoms with van der Waals surface area (Å²) < 4.78 is 11.0. The maximum absolute atomic E-state index is 12.2. The Balaban J connectivity index is 2.07. The molecule has 0 aromatic heterocycles. The van der Waals surface area contributed by atoms with Crippen molar-refractivity contribution < 1.29 is 34.4 Å². The molecule has 2 aliphatic carbocycles. The molecule has 0 amide bonds. The number of rotatable bonds is 3. The Morgan fingerprint density at radius 3 is 2.67 bits per heavy atom. The molecule has 8 atom stereocenters. The average molecular weight is 399 g/mol. The lowest BCUT2D eigenvalue weighted by Gasteiger charge is -2.36. The highest BCUT2D eigenvalue weighted by Gasteiger charge is 2.67. The van der Waals surface area contributed by atoms with Crippen LogP contribution in [0, 0.1) is 17.8 Å². The smallest absolute Gasteiger partial charge is 0.334 e. The van der Waals surface area contributed by atoms with Crippen LogP contribution in [-0.2, 0) is 19.1 Å². The number of aliphatic hydroxyl groups is 3. The van der Waals surface area contributed by atoms with Gasteiger partial charge in [-0.3, -0.25) is 0 Å². The minimum absolute atomic E-state index is 0.111. The van der Waals surface area contributed by atoms with Crippen LogP contribution >= 0.6 is 11.6 Å². The van der Waals surface area contributed by atoms with Crippen molar-refractivity contribution in [3.05, 3.63) is 36.5 Å². The van der Waals surface area contributed by atoms with Crippen molar-refractivity contribution in [2.45, 2.75) is 43.4 Å². The van der Waals surface area contributed by atoms with Gasteiger partial charge in [-0.15, -0.1) is 11.6 Å². The number of carbonyl (C=O) groups excluding carboxylic acids is 2. The second kappa shape index (κ2) is 7.05. The van der Waals surface area contributed by atoms with Gasteiger partial charge in [-0.25, -0.2) is 9.59 Å². The number of ether oxygens (including phenoxy) is 2.